The Morgan fingerprint density at radius 1 is 0.963 bits per heavy atom. The van der Waals surface area contributed by atoms with Gasteiger partial charge in [-0.25, -0.2) is 4.98 Å². The molecule has 1 heterocycles. The van der Waals surface area contributed by atoms with Gasteiger partial charge in [0.1, 0.15) is 5.82 Å². The van der Waals surface area contributed by atoms with Crippen LogP contribution in [0.25, 0.3) is 0 Å². The van der Waals surface area contributed by atoms with Crippen LogP contribution in [0.3, 0.4) is 0 Å². The Hall–Kier alpha value is -3.31. The maximum absolute atomic E-state index is 13.0. The molecule has 0 aliphatic heterocycles. The van der Waals surface area contributed by atoms with Gasteiger partial charge < -0.3 is 10.6 Å². The minimum Gasteiger partial charge on any atom is -0.340 e. The highest BCUT2D eigenvalue weighted by Crippen LogP contribution is 2.36. The van der Waals surface area contributed by atoms with Gasteiger partial charge in [-0.05, 0) is 48.5 Å². The molecule has 1 aromatic heterocycles. The van der Waals surface area contributed by atoms with Crippen molar-refractivity contribution in [2.24, 2.45) is 0 Å². The number of alkyl halides is 3. The molecule has 2 N–H and O–H groups in total. The summed E-state index contributed by atoms with van der Waals surface area (Å²) >= 11 is 5.61. The fraction of sp³-hybridized carbons (Fsp3) is 0.0556. The monoisotopic (exact) mass is 389 g/mol. The predicted octanol–water partition coefficient (Wildman–Crippen LogP) is 5.51. The first-order valence-corrected chi connectivity index (χ1v) is 7.97. The van der Waals surface area contributed by atoms with Gasteiger partial charge in [0.2, 0.25) is 5.95 Å². The van der Waals surface area contributed by atoms with E-state index in [4.69, 9.17) is 16.9 Å². The maximum Gasteiger partial charge on any atom is 0.417 e. The smallest absolute Gasteiger partial charge is 0.340 e. The number of nitriles is 1. The lowest BCUT2D eigenvalue weighted by molar-refractivity contribution is -0.137. The second-order valence-electron chi connectivity index (χ2n) is 5.40. The number of nitrogens with one attached hydrogen (secondary N) is 2. The van der Waals surface area contributed by atoms with E-state index in [-0.39, 0.29) is 16.7 Å². The Morgan fingerprint density at radius 3 is 2.33 bits per heavy atom. The molecule has 3 rings (SSSR count). The summed E-state index contributed by atoms with van der Waals surface area (Å²) in [6.45, 7) is 0. The zero-order valence-electron chi connectivity index (χ0n) is 13.5. The Bertz CT molecular complexity index is 997. The quantitative estimate of drug-likeness (QED) is 0.615. The van der Waals surface area contributed by atoms with Crippen LogP contribution in [0.1, 0.15) is 11.1 Å². The highest BCUT2D eigenvalue weighted by atomic mass is 35.5. The molecule has 0 unspecified atom stereocenters. The number of rotatable bonds is 4. The van der Waals surface area contributed by atoms with Gasteiger partial charge in [-0.2, -0.15) is 23.4 Å². The normalized spacial score (nSPS) is 10.9. The predicted molar refractivity (Wildman–Crippen MR) is 96.2 cm³/mol. The molecule has 2 aromatic carbocycles. The first kappa shape index (κ1) is 18.5. The molecule has 27 heavy (non-hydrogen) atoms. The highest BCUT2D eigenvalue weighted by Gasteiger charge is 2.33. The van der Waals surface area contributed by atoms with Crippen molar-refractivity contribution in [2.45, 2.75) is 6.18 Å². The molecule has 0 aliphatic carbocycles. The summed E-state index contributed by atoms with van der Waals surface area (Å²) < 4.78 is 38.9. The number of hydrogen-bond acceptors (Lipinski definition) is 5. The molecule has 136 valence electrons. The van der Waals surface area contributed by atoms with Crippen molar-refractivity contribution in [1.29, 1.82) is 5.26 Å². The lowest BCUT2D eigenvalue weighted by Crippen LogP contribution is -2.07. The van der Waals surface area contributed by atoms with Crippen molar-refractivity contribution in [3.63, 3.8) is 0 Å². The zero-order chi connectivity index (χ0) is 19.4. The van der Waals surface area contributed by atoms with Gasteiger partial charge in [0.15, 0.2) is 0 Å². The summed E-state index contributed by atoms with van der Waals surface area (Å²) in [6.07, 6.45) is -3.10. The number of halogens is 4. The zero-order valence-corrected chi connectivity index (χ0v) is 14.3. The summed E-state index contributed by atoms with van der Waals surface area (Å²) in [5.74, 6) is 0.548. The third-order valence-corrected chi connectivity index (χ3v) is 3.80. The Balaban J connectivity index is 1.79. The van der Waals surface area contributed by atoms with Gasteiger partial charge in [-0.1, -0.05) is 11.6 Å². The average molecular weight is 390 g/mol. The minimum atomic E-state index is -4.56. The van der Waals surface area contributed by atoms with Crippen LogP contribution in [-0.2, 0) is 6.18 Å². The van der Waals surface area contributed by atoms with Gasteiger partial charge in [0.25, 0.3) is 0 Å². The molecule has 0 radical (unpaired) electrons. The molecule has 0 saturated heterocycles. The molecule has 0 amide bonds. The largest absolute Gasteiger partial charge is 0.417 e. The van der Waals surface area contributed by atoms with E-state index in [0.29, 0.717) is 17.1 Å². The second kappa shape index (κ2) is 7.51. The molecule has 3 aromatic rings. The lowest BCUT2D eigenvalue weighted by Gasteiger charge is -2.12. The van der Waals surface area contributed by atoms with E-state index < -0.39 is 11.7 Å². The number of nitrogens with zero attached hydrogens (tertiary/aromatic N) is 3. The molecule has 0 bridgehead atoms. The molecular weight excluding hydrogens is 379 g/mol. The van der Waals surface area contributed by atoms with Crippen LogP contribution >= 0.6 is 11.6 Å². The minimum absolute atomic E-state index is 0.115. The van der Waals surface area contributed by atoms with Crippen LogP contribution in [-0.4, -0.2) is 9.97 Å². The summed E-state index contributed by atoms with van der Waals surface area (Å²) in [4.78, 5) is 8.21. The summed E-state index contributed by atoms with van der Waals surface area (Å²) in [5.41, 5.74) is 0.432. The molecule has 0 atom stereocenters. The van der Waals surface area contributed by atoms with E-state index in [9.17, 15) is 13.2 Å². The summed E-state index contributed by atoms with van der Waals surface area (Å²) in [6, 6.07) is 13.8. The highest BCUT2D eigenvalue weighted by molar-refractivity contribution is 6.31. The van der Waals surface area contributed by atoms with Crippen molar-refractivity contribution < 1.29 is 13.2 Å². The van der Waals surface area contributed by atoms with Crippen molar-refractivity contribution in [2.75, 3.05) is 10.6 Å². The van der Waals surface area contributed by atoms with Crippen molar-refractivity contribution in [1.82, 2.24) is 9.97 Å². The van der Waals surface area contributed by atoms with E-state index in [1.165, 1.54) is 12.3 Å². The molecular formula is C18H11ClF3N5. The van der Waals surface area contributed by atoms with Gasteiger partial charge in [0, 0.05) is 17.6 Å². The number of benzene rings is 2. The third kappa shape index (κ3) is 4.65. The van der Waals surface area contributed by atoms with Crippen molar-refractivity contribution >= 4 is 34.7 Å². The molecule has 9 heteroatoms. The van der Waals surface area contributed by atoms with Gasteiger partial charge >= 0.3 is 6.18 Å². The fourth-order valence-electron chi connectivity index (χ4n) is 2.21. The Labute approximate surface area is 157 Å². The summed E-state index contributed by atoms with van der Waals surface area (Å²) in [5, 5.41) is 14.2. The molecule has 0 aliphatic rings. The first-order chi connectivity index (χ1) is 12.8. The van der Waals surface area contributed by atoms with Crippen LogP contribution in [0, 0.1) is 11.3 Å². The van der Waals surface area contributed by atoms with Crippen molar-refractivity contribution in [3.8, 4) is 6.07 Å². The average Bonchev–Trinajstić information content (AvgIpc) is 2.63. The van der Waals surface area contributed by atoms with E-state index in [0.717, 1.165) is 12.1 Å². The first-order valence-electron chi connectivity index (χ1n) is 7.59. The van der Waals surface area contributed by atoms with E-state index >= 15 is 0 Å². The second-order valence-corrected chi connectivity index (χ2v) is 5.80. The van der Waals surface area contributed by atoms with Crippen LogP contribution in [0.5, 0.6) is 0 Å². The van der Waals surface area contributed by atoms with Gasteiger partial charge in [-0.15, -0.1) is 0 Å². The lowest BCUT2D eigenvalue weighted by atomic mass is 10.2. The number of hydrogen-bond donors (Lipinski definition) is 2. The standard InChI is InChI=1S/C18H11ClF3N5/c19-15-6-5-13(9-14(15)18(20,21)22)26-17-24-8-7-16(27-17)25-12-3-1-11(10-23)2-4-12/h1-9H,(H2,24,25,26,27). The number of aromatic nitrogens is 2. The number of anilines is 4. The SMILES string of the molecule is N#Cc1ccc(Nc2ccnc(Nc3ccc(Cl)c(C(F)(F)F)c3)n2)cc1. The van der Waals surface area contributed by atoms with Gasteiger partial charge in [-0.3, -0.25) is 0 Å². The topological polar surface area (TPSA) is 73.6 Å². The van der Waals surface area contributed by atoms with Gasteiger partial charge in [0.05, 0.1) is 22.2 Å². The fourth-order valence-corrected chi connectivity index (χ4v) is 2.44. The molecule has 0 spiro atoms. The molecule has 0 fully saturated rings. The molecule has 5 nitrogen and oxygen atoms in total. The van der Waals surface area contributed by atoms with Crippen LogP contribution in [0.4, 0.5) is 36.3 Å². The maximum atomic E-state index is 13.0. The van der Waals surface area contributed by atoms with Crippen molar-refractivity contribution in [3.05, 3.63) is 70.9 Å². The van der Waals surface area contributed by atoms with E-state index in [1.807, 2.05) is 6.07 Å². The third-order valence-electron chi connectivity index (χ3n) is 3.47. The Kier molecular flexibility index (Phi) is 5.14. The van der Waals surface area contributed by atoms with Crippen LogP contribution < -0.4 is 10.6 Å². The van der Waals surface area contributed by atoms with Crippen LogP contribution in [0.15, 0.2) is 54.7 Å². The molecule has 0 saturated carbocycles. The van der Waals surface area contributed by atoms with Crippen LogP contribution in [0.2, 0.25) is 5.02 Å². The van der Waals surface area contributed by atoms with E-state index in [1.54, 1.807) is 30.3 Å². The van der Waals surface area contributed by atoms with E-state index in [2.05, 4.69) is 20.6 Å². The Morgan fingerprint density at radius 2 is 1.67 bits per heavy atom. The summed E-state index contributed by atoms with van der Waals surface area (Å²) in [7, 11) is 0.